The van der Waals surface area contributed by atoms with Gasteiger partial charge in [0, 0.05) is 5.88 Å². The van der Waals surface area contributed by atoms with Crippen LogP contribution in [0, 0.1) is 11.6 Å². The lowest BCUT2D eigenvalue weighted by atomic mass is 10.2. The highest BCUT2D eigenvalue weighted by molar-refractivity contribution is 6.17. The van der Waals surface area contributed by atoms with Crippen molar-refractivity contribution >= 4 is 11.6 Å². The highest BCUT2D eigenvalue weighted by Crippen LogP contribution is 2.29. The predicted molar refractivity (Wildman–Crippen MR) is 73.2 cm³/mol. The molecule has 2 rings (SSSR count). The normalized spacial score (nSPS) is 10.4. The van der Waals surface area contributed by atoms with Crippen LogP contribution in [0.3, 0.4) is 0 Å². The Morgan fingerprint density at radius 1 is 1.05 bits per heavy atom. The third-order valence-electron chi connectivity index (χ3n) is 2.82. The molecule has 0 aromatic heterocycles. The van der Waals surface area contributed by atoms with Crippen LogP contribution in [-0.4, -0.2) is 7.11 Å². The van der Waals surface area contributed by atoms with E-state index in [1.165, 1.54) is 25.3 Å². The van der Waals surface area contributed by atoms with Crippen LogP contribution in [0.5, 0.6) is 11.5 Å². The van der Waals surface area contributed by atoms with Gasteiger partial charge in [0.05, 0.1) is 12.7 Å². The summed E-state index contributed by atoms with van der Waals surface area (Å²) in [4.78, 5) is 0. The van der Waals surface area contributed by atoms with Crippen molar-refractivity contribution in [2.75, 3.05) is 7.11 Å². The Hall–Kier alpha value is -1.81. The van der Waals surface area contributed by atoms with E-state index >= 15 is 0 Å². The van der Waals surface area contributed by atoms with Crippen molar-refractivity contribution in [3.05, 3.63) is 59.2 Å². The van der Waals surface area contributed by atoms with E-state index < -0.39 is 11.6 Å². The Kier molecular flexibility index (Phi) is 4.79. The largest absolute Gasteiger partial charge is 0.493 e. The second-order valence-electron chi connectivity index (χ2n) is 4.11. The lowest BCUT2D eigenvalue weighted by Gasteiger charge is -2.12. The molecule has 0 aliphatic carbocycles. The Morgan fingerprint density at radius 3 is 2.35 bits per heavy atom. The molecule has 0 saturated carbocycles. The minimum absolute atomic E-state index is 0.115. The number of hydrogen-bond acceptors (Lipinski definition) is 2. The SMILES string of the molecule is COc1cc(CCl)ccc1OCc1c(F)cccc1F. The van der Waals surface area contributed by atoms with E-state index in [9.17, 15) is 8.78 Å². The standard InChI is InChI=1S/C15H13ClF2O2/c1-19-15-7-10(8-16)5-6-14(15)20-9-11-12(17)3-2-4-13(11)18/h2-7H,8-9H2,1H3. The van der Waals surface area contributed by atoms with Gasteiger partial charge in [0.15, 0.2) is 11.5 Å². The van der Waals surface area contributed by atoms with Gasteiger partial charge in [0.2, 0.25) is 0 Å². The number of halogens is 3. The monoisotopic (exact) mass is 298 g/mol. The molecule has 2 aromatic rings. The van der Waals surface area contributed by atoms with Crippen LogP contribution in [0.1, 0.15) is 11.1 Å². The van der Waals surface area contributed by atoms with Crippen molar-refractivity contribution in [1.29, 1.82) is 0 Å². The molecule has 0 saturated heterocycles. The summed E-state index contributed by atoms with van der Waals surface area (Å²) in [5, 5.41) is 0. The first-order valence-corrected chi connectivity index (χ1v) is 6.47. The Balaban J connectivity index is 2.19. The predicted octanol–water partition coefficient (Wildman–Crippen LogP) is 4.29. The molecule has 106 valence electrons. The number of ether oxygens (including phenoxy) is 2. The molecule has 0 radical (unpaired) electrons. The van der Waals surface area contributed by atoms with E-state index in [-0.39, 0.29) is 12.2 Å². The van der Waals surface area contributed by atoms with Gasteiger partial charge >= 0.3 is 0 Å². The zero-order valence-electron chi connectivity index (χ0n) is 10.8. The van der Waals surface area contributed by atoms with Crippen molar-refractivity contribution in [1.82, 2.24) is 0 Å². The van der Waals surface area contributed by atoms with Crippen LogP contribution < -0.4 is 9.47 Å². The first-order valence-electron chi connectivity index (χ1n) is 5.94. The molecule has 2 nitrogen and oxygen atoms in total. The van der Waals surface area contributed by atoms with Crippen molar-refractivity contribution in [3.8, 4) is 11.5 Å². The van der Waals surface area contributed by atoms with Gasteiger partial charge in [0.1, 0.15) is 18.2 Å². The van der Waals surface area contributed by atoms with Crippen LogP contribution in [0.15, 0.2) is 36.4 Å². The van der Waals surface area contributed by atoms with Crippen LogP contribution in [0.4, 0.5) is 8.78 Å². The fraction of sp³-hybridized carbons (Fsp3) is 0.200. The van der Waals surface area contributed by atoms with E-state index in [4.69, 9.17) is 21.1 Å². The summed E-state index contributed by atoms with van der Waals surface area (Å²) in [6, 6.07) is 8.84. The van der Waals surface area contributed by atoms with Crippen LogP contribution in [0.25, 0.3) is 0 Å². The molecule has 0 atom stereocenters. The number of alkyl halides is 1. The summed E-state index contributed by atoms with van der Waals surface area (Å²) in [5.74, 6) is -0.0508. The Morgan fingerprint density at radius 2 is 1.75 bits per heavy atom. The molecule has 0 amide bonds. The van der Waals surface area contributed by atoms with E-state index in [2.05, 4.69) is 0 Å². The smallest absolute Gasteiger partial charge is 0.161 e. The second kappa shape index (κ2) is 6.57. The molecule has 0 aliphatic rings. The molecule has 0 fully saturated rings. The third kappa shape index (κ3) is 3.20. The van der Waals surface area contributed by atoms with Crippen LogP contribution in [0.2, 0.25) is 0 Å². The lowest BCUT2D eigenvalue weighted by Crippen LogP contribution is -2.03. The summed E-state index contributed by atoms with van der Waals surface area (Å²) in [6.45, 7) is -0.213. The quantitative estimate of drug-likeness (QED) is 0.767. The third-order valence-corrected chi connectivity index (χ3v) is 3.12. The van der Waals surface area contributed by atoms with Crippen molar-refractivity contribution in [2.45, 2.75) is 12.5 Å². The molecule has 0 unspecified atom stereocenters. The van der Waals surface area contributed by atoms with Gasteiger partial charge in [-0.2, -0.15) is 0 Å². The number of rotatable bonds is 5. The van der Waals surface area contributed by atoms with Gasteiger partial charge in [-0.05, 0) is 29.8 Å². The first kappa shape index (κ1) is 14.6. The summed E-state index contributed by atoms with van der Waals surface area (Å²) in [7, 11) is 1.49. The maximum atomic E-state index is 13.5. The van der Waals surface area contributed by atoms with Crippen molar-refractivity contribution in [2.24, 2.45) is 0 Å². The zero-order chi connectivity index (χ0) is 14.5. The van der Waals surface area contributed by atoms with E-state index in [0.717, 1.165) is 5.56 Å². The van der Waals surface area contributed by atoms with Gasteiger partial charge in [-0.1, -0.05) is 12.1 Å². The van der Waals surface area contributed by atoms with E-state index in [1.807, 2.05) is 0 Å². The molecule has 0 spiro atoms. The van der Waals surface area contributed by atoms with Crippen LogP contribution in [-0.2, 0) is 12.5 Å². The Labute approximate surface area is 120 Å². The fourth-order valence-corrected chi connectivity index (χ4v) is 1.90. The van der Waals surface area contributed by atoms with Gasteiger partial charge in [-0.25, -0.2) is 8.78 Å². The van der Waals surface area contributed by atoms with Gasteiger partial charge < -0.3 is 9.47 Å². The molecule has 0 N–H and O–H groups in total. The number of hydrogen-bond donors (Lipinski definition) is 0. The average Bonchev–Trinajstić information content (AvgIpc) is 2.46. The fourth-order valence-electron chi connectivity index (χ4n) is 1.73. The molecule has 2 aromatic carbocycles. The maximum Gasteiger partial charge on any atom is 0.161 e. The van der Waals surface area contributed by atoms with E-state index in [1.54, 1.807) is 18.2 Å². The lowest BCUT2D eigenvalue weighted by molar-refractivity contribution is 0.274. The second-order valence-corrected chi connectivity index (χ2v) is 4.37. The minimum Gasteiger partial charge on any atom is -0.493 e. The molecule has 0 bridgehead atoms. The molecule has 5 heteroatoms. The summed E-state index contributed by atoms with van der Waals surface area (Å²) in [6.07, 6.45) is 0. The highest BCUT2D eigenvalue weighted by Gasteiger charge is 2.11. The molecule has 20 heavy (non-hydrogen) atoms. The minimum atomic E-state index is -0.638. The number of methoxy groups -OCH3 is 1. The molecule has 0 aliphatic heterocycles. The summed E-state index contributed by atoms with van der Waals surface area (Å²) < 4.78 is 37.6. The summed E-state index contributed by atoms with van der Waals surface area (Å²) in [5.41, 5.74) is 0.754. The Bertz CT molecular complexity index is 582. The first-order chi connectivity index (χ1) is 9.65. The molecular weight excluding hydrogens is 286 g/mol. The zero-order valence-corrected chi connectivity index (χ0v) is 11.6. The molecular formula is C15H13ClF2O2. The van der Waals surface area contributed by atoms with Gasteiger partial charge in [0.25, 0.3) is 0 Å². The number of benzene rings is 2. The van der Waals surface area contributed by atoms with Gasteiger partial charge in [-0.15, -0.1) is 11.6 Å². The van der Waals surface area contributed by atoms with Crippen LogP contribution >= 0.6 is 11.6 Å². The molecule has 0 heterocycles. The average molecular weight is 299 g/mol. The van der Waals surface area contributed by atoms with Crippen molar-refractivity contribution in [3.63, 3.8) is 0 Å². The topological polar surface area (TPSA) is 18.5 Å². The van der Waals surface area contributed by atoms with Gasteiger partial charge in [-0.3, -0.25) is 0 Å². The highest BCUT2D eigenvalue weighted by atomic mass is 35.5. The maximum absolute atomic E-state index is 13.5. The summed E-state index contributed by atoms with van der Waals surface area (Å²) >= 11 is 5.73. The van der Waals surface area contributed by atoms with Crippen molar-refractivity contribution < 1.29 is 18.3 Å². The van der Waals surface area contributed by atoms with E-state index in [0.29, 0.717) is 17.4 Å².